The van der Waals surface area contributed by atoms with Gasteiger partial charge in [0.1, 0.15) is 0 Å². The summed E-state index contributed by atoms with van der Waals surface area (Å²) in [6.07, 6.45) is 1.54. The van der Waals surface area contributed by atoms with Crippen LogP contribution in [0.15, 0.2) is 24.3 Å². The normalized spacial score (nSPS) is 22.5. The largest absolute Gasteiger partial charge is 0.466 e. The standard InChI is InChI=1S/C18H21IN2O4/c1-2-25-18(24)12-7-9-20(10-8-12)15-11-16(22)21(17(15)23)14-5-3-13(19)4-6-14/h3-6,12,15H,2,7-11H2,1H3/t15-/m1/s1. The number of ether oxygens (including phenoxy) is 1. The van der Waals surface area contributed by atoms with E-state index in [0.717, 1.165) is 3.57 Å². The first-order valence-electron chi connectivity index (χ1n) is 8.54. The second-order valence-corrected chi connectivity index (χ2v) is 7.57. The lowest BCUT2D eigenvalue weighted by molar-refractivity contribution is -0.149. The molecule has 0 saturated carbocycles. The molecule has 25 heavy (non-hydrogen) atoms. The van der Waals surface area contributed by atoms with Crippen molar-refractivity contribution in [3.8, 4) is 0 Å². The number of benzene rings is 1. The lowest BCUT2D eigenvalue weighted by atomic mass is 9.95. The van der Waals surface area contributed by atoms with E-state index >= 15 is 0 Å². The average molecular weight is 456 g/mol. The van der Waals surface area contributed by atoms with Crippen molar-refractivity contribution < 1.29 is 19.1 Å². The molecular weight excluding hydrogens is 435 g/mol. The zero-order chi connectivity index (χ0) is 18.0. The third-order valence-electron chi connectivity index (χ3n) is 4.80. The number of likely N-dealkylation sites (tertiary alicyclic amines) is 1. The van der Waals surface area contributed by atoms with Crippen LogP contribution in [0.3, 0.4) is 0 Å². The number of nitrogens with zero attached hydrogens (tertiary/aromatic N) is 2. The molecule has 1 aromatic carbocycles. The third kappa shape index (κ3) is 3.87. The Bertz CT molecular complexity index is 668. The van der Waals surface area contributed by atoms with Crippen LogP contribution in [-0.4, -0.2) is 48.4 Å². The maximum absolute atomic E-state index is 12.8. The molecule has 0 radical (unpaired) electrons. The minimum atomic E-state index is -0.421. The van der Waals surface area contributed by atoms with Crippen LogP contribution in [0.4, 0.5) is 5.69 Å². The van der Waals surface area contributed by atoms with Gasteiger partial charge in [0.15, 0.2) is 0 Å². The molecular formula is C18H21IN2O4. The van der Waals surface area contributed by atoms with Crippen molar-refractivity contribution in [3.63, 3.8) is 0 Å². The molecule has 0 bridgehead atoms. The van der Waals surface area contributed by atoms with E-state index in [1.165, 1.54) is 4.90 Å². The van der Waals surface area contributed by atoms with Crippen LogP contribution in [0.1, 0.15) is 26.2 Å². The van der Waals surface area contributed by atoms with Crippen LogP contribution < -0.4 is 4.90 Å². The monoisotopic (exact) mass is 456 g/mol. The fraction of sp³-hybridized carbons (Fsp3) is 0.500. The highest BCUT2D eigenvalue weighted by molar-refractivity contribution is 14.1. The SMILES string of the molecule is CCOC(=O)C1CCN([C@@H]2CC(=O)N(c3ccc(I)cc3)C2=O)CC1. The van der Waals surface area contributed by atoms with Crippen LogP contribution in [0.25, 0.3) is 0 Å². The Kier molecular flexibility index (Phi) is 5.73. The first-order chi connectivity index (χ1) is 12.0. The smallest absolute Gasteiger partial charge is 0.309 e. The van der Waals surface area contributed by atoms with E-state index in [2.05, 4.69) is 22.6 Å². The molecule has 2 aliphatic heterocycles. The van der Waals surface area contributed by atoms with Crippen molar-refractivity contribution in [3.05, 3.63) is 27.8 Å². The van der Waals surface area contributed by atoms with Gasteiger partial charge in [-0.15, -0.1) is 0 Å². The van der Waals surface area contributed by atoms with E-state index in [-0.39, 0.29) is 30.1 Å². The fourth-order valence-corrected chi connectivity index (χ4v) is 3.83. The summed E-state index contributed by atoms with van der Waals surface area (Å²) in [6.45, 7) is 3.45. The molecule has 0 aromatic heterocycles. The van der Waals surface area contributed by atoms with Crippen LogP contribution in [0, 0.1) is 9.49 Å². The van der Waals surface area contributed by atoms with Crippen LogP contribution in [0.2, 0.25) is 0 Å². The van der Waals surface area contributed by atoms with Crippen molar-refractivity contribution in [1.29, 1.82) is 0 Å². The second kappa shape index (κ2) is 7.82. The van der Waals surface area contributed by atoms with Gasteiger partial charge in [-0.2, -0.15) is 0 Å². The Morgan fingerprint density at radius 3 is 2.44 bits per heavy atom. The number of amides is 2. The molecule has 2 saturated heterocycles. The van der Waals surface area contributed by atoms with Gasteiger partial charge in [0.25, 0.3) is 5.91 Å². The molecule has 7 heteroatoms. The van der Waals surface area contributed by atoms with Gasteiger partial charge in [-0.3, -0.25) is 19.3 Å². The highest BCUT2D eigenvalue weighted by atomic mass is 127. The summed E-state index contributed by atoms with van der Waals surface area (Å²) in [5.74, 6) is -0.586. The lowest BCUT2D eigenvalue weighted by Gasteiger charge is -2.33. The minimum Gasteiger partial charge on any atom is -0.466 e. The molecule has 0 N–H and O–H groups in total. The van der Waals surface area contributed by atoms with Crippen LogP contribution in [-0.2, 0) is 19.1 Å². The maximum Gasteiger partial charge on any atom is 0.309 e. The van der Waals surface area contributed by atoms with Crippen molar-refractivity contribution in [2.24, 2.45) is 5.92 Å². The summed E-state index contributed by atoms with van der Waals surface area (Å²) in [4.78, 5) is 40.3. The summed E-state index contributed by atoms with van der Waals surface area (Å²) in [7, 11) is 0. The number of carbonyl (C=O) groups excluding carboxylic acids is 3. The molecule has 1 atom stereocenters. The Balaban J connectivity index is 1.65. The van der Waals surface area contributed by atoms with Crippen LogP contribution >= 0.6 is 22.6 Å². The van der Waals surface area contributed by atoms with E-state index < -0.39 is 6.04 Å². The Labute approximate surface area is 160 Å². The Morgan fingerprint density at radius 1 is 1.20 bits per heavy atom. The van der Waals surface area contributed by atoms with Gasteiger partial charge in [0.2, 0.25) is 5.91 Å². The first-order valence-corrected chi connectivity index (χ1v) is 9.62. The topological polar surface area (TPSA) is 66.9 Å². The molecule has 134 valence electrons. The zero-order valence-electron chi connectivity index (χ0n) is 14.1. The summed E-state index contributed by atoms with van der Waals surface area (Å²) in [6, 6.07) is 6.94. The van der Waals surface area contributed by atoms with Gasteiger partial charge in [-0.25, -0.2) is 4.90 Å². The minimum absolute atomic E-state index is 0.101. The van der Waals surface area contributed by atoms with Crippen LogP contribution in [0.5, 0.6) is 0 Å². The number of rotatable bonds is 4. The van der Waals surface area contributed by atoms with Gasteiger partial charge >= 0.3 is 5.97 Å². The van der Waals surface area contributed by atoms with E-state index in [1.54, 1.807) is 19.1 Å². The van der Waals surface area contributed by atoms with Gasteiger partial charge in [0.05, 0.1) is 30.7 Å². The molecule has 3 rings (SSSR count). The van der Waals surface area contributed by atoms with Crippen molar-refractivity contribution >= 4 is 46.1 Å². The number of esters is 1. The van der Waals surface area contributed by atoms with Gasteiger partial charge in [-0.05, 0) is 79.7 Å². The Hall–Kier alpha value is -1.48. The van der Waals surface area contributed by atoms with E-state index in [9.17, 15) is 14.4 Å². The van der Waals surface area contributed by atoms with Gasteiger partial charge < -0.3 is 4.74 Å². The second-order valence-electron chi connectivity index (χ2n) is 6.33. The quantitative estimate of drug-likeness (QED) is 0.395. The highest BCUT2D eigenvalue weighted by Crippen LogP contribution is 2.29. The summed E-state index contributed by atoms with van der Waals surface area (Å²) in [5.41, 5.74) is 0.624. The molecule has 2 fully saturated rings. The third-order valence-corrected chi connectivity index (χ3v) is 5.52. The number of piperidine rings is 1. The summed E-state index contributed by atoms with van der Waals surface area (Å²) in [5, 5.41) is 0. The molecule has 1 aromatic rings. The van der Waals surface area contributed by atoms with Gasteiger partial charge in [-0.1, -0.05) is 0 Å². The molecule has 0 aliphatic carbocycles. The van der Waals surface area contributed by atoms with E-state index in [4.69, 9.17) is 4.74 Å². The molecule has 0 unspecified atom stereocenters. The summed E-state index contributed by atoms with van der Waals surface area (Å²) >= 11 is 2.19. The highest BCUT2D eigenvalue weighted by Gasteiger charge is 2.43. The van der Waals surface area contributed by atoms with Crippen molar-refractivity contribution in [1.82, 2.24) is 4.90 Å². The van der Waals surface area contributed by atoms with Crippen molar-refractivity contribution in [2.75, 3.05) is 24.6 Å². The number of hydrogen-bond acceptors (Lipinski definition) is 5. The maximum atomic E-state index is 12.8. The summed E-state index contributed by atoms with van der Waals surface area (Å²) < 4.78 is 6.13. The first kappa shape index (κ1) is 18.3. The van der Waals surface area contributed by atoms with Gasteiger partial charge in [0, 0.05) is 3.57 Å². The fourth-order valence-electron chi connectivity index (χ4n) is 3.47. The number of hydrogen-bond donors (Lipinski definition) is 0. The number of carbonyl (C=O) groups is 3. The molecule has 2 amide bonds. The molecule has 0 spiro atoms. The Morgan fingerprint density at radius 2 is 1.84 bits per heavy atom. The van der Waals surface area contributed by atoms with Crippen molar-refractivity contribution in [2.45, 2.75) is 32.2 Å². The number of anilines is 1. The molecule has 2 aliphatic rings. The predicted molar refractivity (Wildman–Crippen MR) is 101 cm³/mol. The number of halogens is 1. The lowest BCUT2D eigenvalue weighted by Crippen LogP contribution is -2.47. The van der Waals surface area contributed by atoms with E-state index in [0.29, 0.717) is 38.2 Å². The molecule has 2 heterocycles. The zero-order valence-corrected chi connectivity index (χ0v) is 16.3. The predicted octanol–water partition coefficient (Wildman–Crippen LogP) is 2.20. The van der Waals surface area contributed by atoms with E-state index in [1.807, 2.05) is 17.0 Å². The molecule has 6 nitrogen and oxygen atoms in total. The number of imide groups is 1. The average Bonchev–Trinajstić information content (AvgIpc) is 2.91.